The van der Waals surface area contributed by atoms with Crippen molar-refractivity contribution >= 4 is 33.2 Å². The Bertz CT molecular complexity index is 1030. The maximum atomic E-state index is 12.8. The van der Waals surface area contributed by atoms with E-state index in [2.05, 4.69) is 22.4 Å². The highest BCUT2D eigenvalue weighted by atomic mass is 32.1. The van der Waals surface area contributed by atoms with Crippen LogP contribution in [-0.4, -0.2) is 44.3 Å². The lowest BCUT2D eigenvalue weighted by Crippen LogP contribution is -2.32. The molecule has 1 aliphatic rings. The van der Waals surface area contributed by atoms with Crippen molar-refractivity contribution in [3.8, 4) is 0 Å². The standard InChI is InChI=1S/C19H25N5O3S/c1-2-3-9-23-18(26)17-14(8-11-28-17)24-15(21-22-19(23)24)6-7-16(25)20-12-13-5-4-10-27-13/h8,11,13H,2-7,9-10,12H2,1H3,(H,20,25)/t13-/m1/s1. The SMILES string of the molecule is CCCCn1c(=O)c2sccc2n2c(CCC(=O)NC[C@H]3CCCO3)nnc12. The second-order valence-corrected chi connectivity index (χ2v) is 8.05. The van der Waals surface area contributed by atoms with E-state index in [4.69, 9.17) is 4.74 Å². The van der Waals surface area contributed by atoms with Gasteiger partial charge in [0, 0.05) is 32.5 Å². The normalized spacial score (nSPS) is 17.0. The van der Waals surface area contributed by atoms with Crippen molar-refractivity contribution in [2.45, 2.75) is 58.1 Å². The fourth-order valence-corrected chi connectivity index (χ4v) is 4.43. The third-order valence-corrected chi connectivity index (χ3v) is 6.03. The Kier molecular flexibility index (Phi) is 5.72. The average molecular weight is 404 g/mol. The van der Waals surface area contributed by atoms with Gasteiger partial charge >= 0.3 is 0 Å². The Morgan fingerprint density at radius 1 is 1.43 bits per heavy atom. The molecule has 1 amide bonds. The predicted molar refractivity (Wildman–Crippen MR) is 108 cm³/mol. The minimum Gasteiger partial charge on any atom is -0.376 e. The number of aromatic nitrogens is 4. The van der Waals surface area contributed by atoms with Crippen LogP contribution in [-0.2, 0) is 22.5 Å². The first-order valence-corrected chi connectivity index (χ1v) is 10.8. The van der Waals surface area contributed by atoms with E-state index < -0.39 is 0 Å². The van der Waals surface area contributed by atoms with Crippen LogP contribution in [0.5, 0.6) is 0 Å². The fourth-order valence-electron chi connectivity index (χ4n) is 3.61. The van der Waals surface area contributed by atoms with Crippen molar-refractivity contribution in [3.63, 3.8) is 0 Å². The highest BCUT2D eigenvalue weighted by molar-refractivity contribution is 7.17. The zero-order valence-corrected chi connectivity index (χ0v) is 16.8. The number of hydrogen-bond donors (Lipinski definition) is 1. The largest absolute Gasteiger partial charge is 0.376 e. The van der Waals surface area contributed by atoms with Gasteiger partial charge in [-0.05, 0) is 30.7 Å². The van der Waals surface area contributed by atoms with E-state index in [1.54, 1.807) is 4.57 Å². The summed E-state index contributed by atoms with van der Waals surface area (Å²) >= 11 is 1.43. The summed E-state index contributed by atoms with van der Waals surface area (Å²) in [6, 6.07) is 1.92. The molecule has 150 valence electrons. The zero-order valence-electron chi connectivity index (χ0n) is 16.0. The van der Waals surface area contributed by atoms with Gasteiger partial charge in [-0.15, -0.1) is 21.5 Å². The number of carbonyl (C=O) groups excluding carboxylic acids is 1. The molecule has 1 fully saturated rings. The molecule has 0 unspecified atom stereocenters. The molecule has 0 spiro atoms. The van der Waals surface area contributed by atoms with Crippen molar-refractivity contribution < 1.29 is 9.53 Å². The average Bonchev–Trinajstić information content (AvgIpc) is 3.44. The Labute approximate surface area is 166 Å². The second-order valence-electron chi connectivity index (χ2n) is 7.14. The second kappa shape index (κ2) is 8.40. The van der Waals surface area contributed by atoms with Crippen molar-refractivity contribution in [3.05, 3.63) is 27.6 Å². The summed E-state index contributed by atoms with van der Waals surface area (Å²) in [6.45, 7) is 4.05. The first kappa shape index (κ1) is 19.1. The van der Waals surface area contributed by atoms with Gasteiger partial charge in [-0.1, -0.05) is 13.3 Å². The molecule has 28 heavy (non-hydrogen) atoms. The molecule has 4 rings (SSSR count). The van der Waals surface area contributed by atoms with Crippen LogP contribution in [0.2, 0.25) is 0 Å². The third-order valence-electron chi connectivity index (χ3n) is 5.14. The van der Waals surface area contributed by atoms with Crippen molar-refractivity contribution in [2.24, 2.45) is 0 Å². The molecule has 3 aromatic heterocycles. The minimum absolute atomic E-state index is 0.0146. The molecular weight excluding hydrogens is 378 g/mol. The third kappa shape index (κ3) is 3.68. The number of carbonyl (C=O) groups is 1. The van der Waals surface area contributed by atoms with E-state index in [1.807, 2.05) is 15.8 Å². The number of rotatable bonds is 8. The molecule has 0 aromatic carbocycles. The number of fused-ring (bicyclic) bond motifs is 3. The number of thiophene rings is 1. The van der Waals surface area contributed by atoms with E-state index in [9.17, 15) is 9.59 Å². The number of hydrogen-bond acceptors (Lipinski definition) is 6. The monoisotopic (exact) mass is 403 g/mol. The molecule has 0 aliphatic carbocycles. The summed E-state index contributed by atoms with van der Waals surface area (Å²) in [4.78, 5) is 25.0. The molecule has 1 atom stereocenters. The summed E-state index contributed by atoms with van der Waals surface area (Å²) in [5.41, 5.74) is 0.803. The van der Waals surface area contributed by atoms with Gasteiger partial charge < -0.3 is 10.1 Å². The number of nitrogens with one attached hydrogen (secondary N) is 1. The van der Waals surface area contributed by atoms with Crippen LogP contribution in [0.1, 0.15) is 44.9 Å². The molecule has 1 aliphatic heterocycles. The minimum atomic E-state index is -0.0203. The Balaban J connectivity index is 1.55. The Hall–Kier alpha value is -2.26. The van der Waals surface area contributed by atoms with Crippen molar-refractivity contribution in [1.29, 1.82) is 0 Å². The predicted octanol–water partition coefficient (Wildman–Crippen LogP) is 2.13. The van der Waals surface area contributed by atoms with E-state index in [0.29, 0.717) is 42.2 Å². The Morgan fingerprint density at radius 3 is 3.11 bits per heavy atom. The molecule has 4 heterocycles. The first-order chi connectivity index (χ1) is 13.7. The van der Waals surface area contributed by atoms with E-state index >= 15 is 0 Å². The molecule has 1 N–H and O–H groups in total. The smallest absolute Gasteiger partial charge is 0.272 e. The summed E-state index contributed by atoms with van der Waals surface area (Å²) in [6.07, 6.45) is 4.88. The summed E-state index contributed by atoms with van der Waals surface area (Å²) < 4.78 is 9.87. The van der Waals surface area contributed by atoms with Crippen LogP contribution < -0.4 is 10.9 Å². The summed E-state index contributed by atoms with van der Waals surface area (Å²) in [5.74, 6) is 1.24. The lowest BCUT2D eigenvalue weighted by molar-refractivity contribution is -0.121. The molecule has 3 aromatic rings. The van der Waals surface area contributed by atoms with Gasteiger partial charge in [0.2, 0.25) is 11.7 Å². The molecule has 0 radical (unpaired) electrons. The number of ether oxygens (including phenoxy) is 1. The number of aryl methyl sites for hydroxylation is 2. The highest BCUT2D eigenvalue weighted by Gasteiger charge is 2.19. The van der Waals surface area contributed by atoms with E-state index in [0.717, 1.165) is 37.8 Å². The molecule has 0 bridgehead atoms. The quantitative estimate of drug-likeness (QED) is 0.622. The van der Waals surface area contributed by atoms with Crippen LogP contribution >= 0.6 is 11.3 Å². The van der Waals surface area contributed by atoms with Gasteiger partial charge in [-0.25, -0.2) is 0 Å². The van der Waals surface area contributed by atoms with Crippen molar-refractivity contribution in [1.82, 2.24) is 24.5 Å². The van der Waals surface area contributed by atoms with Crippen molar-refractivity contribution in [2.75, 3.05) is 13.2 Å². The summed E-state index contributed by atoms with van der Waals surface area (Å²) in [7, 11) is 0. The number of nitrogens with zero attached hydrogens (tertiary/aromatic N) is 4. The number of amides is 1. The van der Waals surface area contributed by atoms with E-state index in [1.165, 1.54) is 11.3 Å². The van der Waals surface area contributed by atoms with Gasteiger partial charge in [-0.2, -0.15) is 0 Å². The molecule has 8 nitrogen and oxygen atoms in total. The summed E-state index contributed by atoms with van der Waals surface area (Å²) in [5, 5.41) is 13.4. The van der Waals surface area contributed by atoms with Crippen LogP contribution in [0.3, 0.4) is 0 Å². The molecule has 9 heteroatoms. The van der Waals surface area contributed by atoms with Gasteiger partial charge in [0.15, 0.2) is 0 Å². The Morgan fingerprint density at radius 2 is 2.32 bits per heavy atom. The van der Waals surface area contributed by atoms with Gasteiger partial charge in [0.25, 0.3) is 5.56 Å². The zero-order chi connectivity index (χ0) is 19.5. The van der Waals surface area contributed by atoms with Gasteiger partial charge in [0.1, 0.15) is 10.5 Å². The maximum absolute atomic E-state index is 12.8. The van der Waals surface area contributed by atoms with Gasteiger partial charge in [0.05, 0.1) is 11.6 Å². The number of unbranched alkanes of at least 4 members (excludes halogenated alkanes) is 1. The first-order valence-electron chi connectivity index (χ1n) is 9.91. The molecule has 0 saturated carbocycles. The lowest BCUT2D eigenvalue weighted by Gasteiger charge is -2.11. The lowest BCUT2D eigenvalue weighted by atomic mass is 10.2. The van der Waals surface area contributed by atoms with Crippen LogP contribution in [0.15, 0.2) is 16.2 Å². The fraction of sp³-hybridized carbons (Fsp3) is 0.579. The van der Waals surface area contributed by atoms with Crippen LogP contribution in [0.4, 0.5) is 0 Å². The van der Waals surface area contributed by atoms with Gasteiger partial charge in [-0.3, -0.25) is 18.6 Å². The maximum Gasteiger partial charge on any atom is 0.272 e. The topological polar surface area (TPSA) is 90.5 Å². The molecule has 1 saturated heterocycles. The van der Waals surface area contributed by atoms with Crippen LogP contribution in [0.25, 0.3) is 16.0 Å². The highest BCUT2D eigenvalue weighted by Crippen LogP contribution is 2.20. The van der Waals surface area contributed by atoms with Crippen LogP contribution in [0, 0.1) is 0 Å². The van der Waals surface area contributed by atoms with E-state index in [-0.39, 0.29) is 17.6 Å². The molecular formula is C19H25N5O3S.